The van der Waals surface area contributed by atoms with Crippen LogP contribution in [0.25, 0.3) is 0 Å². The molecule has 2 atom stereocenters. The fourth-order valence-corrected chi connectivity index (χ4v) is 6.42. The highest BCUT2D eigenvalue weighted by atomic mass is 32.2. The summed E-state index contributed by atoms with van der Waals surface area (Å²) in [7, 11) is -4.33. The number of aliphatic hydroxyl groups excluding tert-OH is 1. The summed E-state index contributed by atoms with van der Waals surface area (Å²) < 4.78 is 32.3. The Bertz CT molecular complexity index is 740. The number of hydrogen-bond donors (Lipinski definition) is 3. The maximum Gasteiger partial charge on any atom is 0.267 e. The second kappa shape index (κ2) is 31.1. The van der Waals surface area contributed by atoms with Gasteiger partial charge in [0.15, 0.2) is 0 Å². The van der Waals surface area contributed by atoms with Crippen LogP contribution in [0.5, 0.6) is 0 Å². The zero-order valence-corrected chi connectivity index (χ0v) is 29.2. The smallest absolute Gasteiger partial charge is 0.267 e. The Morgan fingerprint density at radius 3 is 1.33 bits per heavy atom. The first-order valence-electron chi connectivity index (χ1n) is 18.4. The molecule has 256 valence electrons. The first kappa shape index (κ1) is 42.1. The van der Waals surface area contributed by atoms with E-state index in [1.807, 2.05) is 6.08 Å². The average molecular weight is 630 g/mol. The molecule has 7 heteroatoms. The third-order valence-corrected chi connectivity index (χ3v) is 9.24. The van der Waals surface area contributed by atoms with Gasteiger partial charge in [-0.2, -0.15) is 8.42 Å². The van der Waals surface area contributed by atoms with Gasteiger partial charge in [-0.05, 0) is 19.3 Å². The molecule has 0 radical (unpaired) electrons. The van der Waals surface area contributed by atoms with E-state index in [9.17, 15) is 22.9 Å². The van der Waals surface area contributed by atoms with Crippen LogP contribution in [0.4, 0.5) is 0 Å². The molecule has 1 amide bonds. The maximum atomic E-state index is 12.4. The number of rotatable bonds is 33. The molecule has 0 aromatic carbocycles. The van der Waals surface area contributed by atoms with Crippen molar-refractivity contribution in [1.29, 1.82) is 0 Å². The minimum atomic E-state index is -4.33. The largest absolute Gasteiger partial charge is 0.387 e. The van der Waals surface area contributed by atoms with Crippen molar-refractivity contribution in [2.75, 3.05) is 5.75 Å². The Morgan fingerprint density at radius 2 is 0.953 bits per heavy atom. The molecule has 0 bridgehead atoms. The van der Waals surface area contributed by atoms with E-state index in [-0.39, 0.29) is 5.91 Å². The van der Waals surface area contributed by atoms with Crippen molar-refractivity contribution in [3.8, 4) is 0 Å². The summed E-state index contributed by atoms with van der Waals surface area (Å²) in [4.78, 5) is 12.4. The fraction of sp³-hybridized carbons (Fsp3) is 0.917. The molecule has 0 saturated heterocycles. The van der Waals surface area contributed by atoms with Crippen LogP contribution in [0.2, 0.25) is 0 Å². The van der Waals surface area contributed by atoms with Gasteiger partial charge in [0.05, 0.1) is 17.9 Å². The Balaban J connectivity index is 3.93. The lowest BCUT2D eigenvalue weighted by Crippen LogP contribution is -2.46. The molecule has 0 fully saturated rings. The number of allylic oxidation sites excluding steroid dienone is 1. The van der Waals surface area contributed by atoms with Crippen LogP contribution >= 0.6 is 0 Å². The SMILES string of the molecule is CCCCCCCCCCCCCCCCCC/C=C/C(O)C(CS(=O)(=O)O)NC(=O)CCCCCCCCCCCC. The Labute approximate surface area is 267 Å². The highest BCUT2D eigenvalue weighted by Gasteiger charge is 2.24. The Hall–Kier alpha value is -0.920. The van der Waals surface area contributed by atoms with Gasteiger partial charge in [-0.25, -0.2) is 0 Å². The minimum absolute atomic E-state index is 0.279. The molecule has 0 aromatic rings. The van der Waals surface area contributed by atoms with E-state index >= 15 is 0 Å². The van der Waals surface area contributed by atoms with Gasteiger partial charge in [0.1, 0.15) is 0 Å². The number of unbranched alkanes of at least 4 members (excludes halogenated alkanes) is 25. The molecule has 0 aliphatic carbocycles. The third kappa shape index (κ3) is 32.3. The van der Waals surface area contributed by atoms with Crippen LogP contribution in [-0.4, -0.2) is 41.9 Å². The van der Waals surface area contributed by atoms with E-state index in [4.69, 9.17) is 0 Å². The van der Waals surface area contributed by atoms with Gasteiger partial charge in [0, 0.05) is 6.42 Å². The molecule has 0 saturated carbocycles. The third-order valence-electron chi connectivity index (χ3n) is 8.46. The van der Waals surface area contributed by atoms with Crippen molar-refractivity contribution in [2.24, 2.45) is 0 Å². The van der Waals surface area contributed by atoms with Gasteiger partial charge in [0.2, 0.25) is 5.91 Å². The van der Waals surface area contributed by atoms with Crippen LogP contribution < -0.4 is 5.32 Å². The van der Waals surface area contributed by atoms with Crippen LogP contribution in [0.1, 0.15) is 194 Å². The first-order chi connectivity index (χ1) is 20.8. The number of carbonyl (C=O) groups is 1. The normalized spacial score (nSPS) is 13.5. The Morgan fingerprint density at radius 1 is 0.605 bits per heavy atom. The molecule has 0 spiro atoms. The van der Waals surface area contributed by atoms with Crippen LogP contribution in [-0.2, 0) is 14.9 Å². The second-order valence-electron chi connectivity index (χ2n) is 12.9. The van der Waals surface area contributed by atoms with Crippen LogP contribution in [0, 0.1) is 0 Å². The Kier molecular flexibility index (Phi) is 30.4. The van der Waals surface area contributed by atoms with Gasteiger partial charge in [-0.15, -0.1) is 0 Å². The van der Waals surface area contributed by atoms with Gasteiger partial charge in [0.25, 0.3) is 10.1 Å². The summed E-state index contributed by atoms with van der Waals surface area (Å²) in [5, 5.41) is 13.2. The summed E-state index contributed by atoms with van der Waals surface area (Å²) in [6, 6.07) is -1.05. The quantitative estimate of drug-likeness (QED) is 0.0381. The lowest BCUT2D eigenvalue weighted by atomic mass is 10.0. The second-order valence-corrected chi connectivity index (χ2v) is 14.4. The summed E-state index contributed by atoms with van der Waals surface area (Å²) in [5.74, 6) is -0.972. The van der Waals surface area contributed by atoms with Crippen molar-refractivity contribution >= 4 is 16.0 Å². The highest BCUT2D eigenvalue weighted by Crippen LogP contribution is 2.15. The molecular formula is C36H71NO5S. The molecule has 0 heterocycles. The van der Waals surface area contributed by atoms with Crippen molar-refractivity contribution < 1.29 is 22.9 Å². The van der Waals surface area contributed by atoms with Crippen molar-refractivity contribution in [3.05, 3.63) is 12.2 Å². The first-order valence-corrected chi connectivity index (χ1v) is 20.0. The van der Waals surface area contributed by atoms with Crippen molar-refractivity contribution in [2.45, 2.75) is 206 Å². The number of amides is 1. The van der Waals surface area contributed by atoms with Gasteiger partial charge >= 0.3 is 0 Å². The average Bonchev–Trinajstić information content (AvgIpc) is 2.96. The van der Waals surface area contributed by atoms with Gasteiger partial charge < -0.3 is 10.4 Å². The van der Waals surface area contributed by atoms with E-state index in [0.29, 0.717) is 6.42 Å². The van der Waals surface area contributed by atoms with E-state index in [1.54, 1.807) is 6.08 Å². The fourth-order valence-electron chi connectivity index (χ4n) is 5.68. The summed E-state index contributed by atoms with van der Waals surface area (Å²) >= 11 is 0. The molecule has 3 N–H and O–H groups in total. The topological polar surface area (TPSA) is 104 Å². The lowest BCUT2D eigenvalue weighted by Gasteiger charge is -2.21. The maximum absolute atomic E-state index is 12.4. The van der Waals surface area contributed by atoms with E-state index < -0.39 is 28.0 Å². The van der Waals surface area contributed by atoms with Gasteiger partial charge in [-0.3, -0.25) is 9.35 Å². The van der Waals surface area contributed by atoms with Gasteiger partial charge in [-0.1, -0.05) is 180 Å². The summed E-state index contributed by atoms with van der Waals surface area (Å²) in [6.07, 6.45) is 36.3. The zero-order valence-electron chi connectivity index (χ0n) is 28.3. The minimum Gasteiger partial charge on any atom is -0.387 e. The molecular weight excluding hydrogens is 558 g/mol. The highest BCUT2D eigenvalue weighted by molar-refractivity contribution is 7.85. The number of aliphatic hydroxyl groups is 1. The summed E-state index contributed by atoms with van der Waals surface area (Å²) in [5.41, 5.74) is 0. The van der Waals surface area contributed by atoms with Crippen LogP contribution in [0.3, 0.4) is 0 Å². The molecule has 0 rings (SSSR count). The molecule has 43 heavy (non-hydrogen) atoms. The molecule has 6 nitrogen and oxygen atoms in total. The zero-order chi connectivity index (χ0) is 31.9. The van der Waals surface area contributed by atoms with E-state index in [2.05, 4.69) is 19.2 Å². The van der Waals surface area contributed by atoms with E-state index in [0.717, 1.165) is 38.5 Å². The molecule has 0 aliphatic rings. The summed E-state index contributed by atoms with van der Waals surface area (Å²) in [6.45, 7) is 4.49. The molecule has 0 aliphatic heterocycles. The molecule has 2 unspecified atom stereocenters. The van der Waals surface area contributed by atoms with Crippen molar-refractivity contribution in [3.63, 3.8) is 0 Å². The molecule has 0 aromatic heterocycles. The predicted molar refractivity (Wildman–Crippen MR) is 184 cm³/mol. The standard InChI is InChI=1S/C36H71NO5S/c1-3-5-7-9-11-13-15-16-17-18-19-20-21-22-23-25-27-29-31-35(38)34(33-43(40,41)42)37-36(39)32-30-28-26-24-14-12-10-8-6-4-2/h29,31,34-35,38H,3-28,30,32-33H2,1-2H3,(H,37,39)(H,40,41,42)/b31-29+. The predicted octanol–water partition coefficient (Wildman–Crippen LogP) is 10.2. The lowest BCUT2D eigenvalue weighted by molar-refractivity contribution is -0.122. The monoisotopic (exact) mass is 630 g/mol. The number of hydrogen-bond acceptors (Lipinski definition) is 4. The van der Waals surface area contributed by atoms with Crippen LogP contribution in [0.15, 0.2) is 12.2 Å². The van der Waals surface area contributed by atoms with Crippen molar-refractivity contribution in [1.82, 2.24) is 5.32 Å². The number of nitrogens with one attached hydrogen (secondary N) is 1. The number of carbonyl (C=O) groups excluding carboxylic acids is 1. The van der Waals surface area contributed by atoms with E-state index in [1.165, 1.54) is 135 Å².